The molecule has 4 amide bonds. The van der Waals surface area contributed by atoms with Crippen LogP contribution in [0.3, 0.4) is 0 Å². The largest absolute Gasteiger partial charge is 0.481 e. The third-order valence-electron chi connectivity index (χ3n) is 17.6. The zero-order chi connectivity index (χ0) is 50.9. The Morgan fingerprint density at radius 3 is 2.31 bits per heavy atom. The fourth-order valence-electron chi connectivity index (χ4n) is 14.5. The van der Waals surface area contributed by atoms with Gasteiger partial charge in [0.25, 0.3) is 0 Å². The number of anilines is 2. The number of alkyl carbamates (subject to hydrolysis) is 1. The van der Waals surface area contributed by atoms with E-state index in [4.69, 9.17) is 9.84 Å². The number of Topliss-reactive ketones (excluding diaryl/α,β-unsaturated/α-hetero) is 1. The van der Waals surface area contributed by atoms with Gasteiger partial charge in [-0.2, -0.15) is 0 Å². The number of aliphatic carboxylic acids is 1. The monoisotopic (exact) mass is 1050 g/mol. The van der Waals surface area contributed by atoms with Crippen molar-refractivity contribution in [3.63, 3.8) is 0 Å². The van der Waals surface area contributed by atoms with Gasteiger partial charge in [-0.15, -0.1) is 0 Å². The molecule has 7 fully saturated rings. The summed E-state index contributed by atoms with van der Waals surface area (Å²) in [6, 6.07) is 13.5. The number of allylic oxidation sites excluding steroid dienone is 4. The van der Waals surface area contributed by atoms with Crippen molar-refractivity contribution in [2.75, 3.05) is 41.8 Å². The summed E-state index contributed by atoms with van der Waals surface area (Å²) >= 11 is 2.97. The van der Waals surface area contributed by atoms with Crippen LogP contribution in [-0.4, -0.2) is 118 Å². The number of nitrogens with zero attached hydrogens (tertiary/aromatic N) is 1. The van der Waals surface area contributed by atoms with Crippen LogP contribution < -0.4 is 26.2 Å². The second kappa shape index (κ2) is 18.5. The van der Waals surface area contributed by atoms with E-state index in [9.17, 15) is 43.8 Å². The van der Waals surface area contributed by atoms with E-state index >= 15 is 8.78 Å². The zero-order valence-electron chi connectivity index (χ0n) is 39.6. The number of amides is 4. The van der Waals surface area contributed by atoms with Gasteiger partial charge in [0.2, 0.25) is 17.7 Å². The van der Waals surface area contributed by atoms with E-state index < -0.39 is 94.2 Å². The number of aliphatic hydroxyl groups excluding tert-OH is 2. The number of hydrogen-bond acceptors (Lipinski definition) is 11. The number of carboxylic acids is 1. The third-order valence-corrected chi connectivity index (χ3v) is 18.2. The first-order valence-corrected chi connectivity index (χ1v) is 25.4. The maximum absolute atomic E-state index is 17.8. The van der Waals surface area contributed by atoms with E-state index in [1.54, 1.807) is 31.2 Å². The van der Waals surface area contributed by atoms with Crippen LogP contribution in [0.5, 0.6) is 0 Å². The summed E-state index contributed by atoms with van der Waals surface area (Å²) < 4.78 is 39.4. The number of alkyl halides is 3. The molecule has 2 bridgehead atoms. The number of fused-ring (bicyclic) bond motifs is 7. The molecule has 1 aliphatic heterocycles. The molecule has 380 valence electrons. The van der Waals surface area contributed by atoms with Crippen LogP contribution in [0, 0.1) is 39.4 Å². The molecule has 10 rings (SSSR count). The number of carbonyl (C=O) groups excluding carboxylic acids is 6. The van der Waals surface area contributed by atoms with Crippen molar-refractivity contribution >= 4 is 68.7 Å². The molecule has 2 aromatic carbocycles. The lowest BCUT2D eigenvalue weighted by Gasteiger charge is -2.70. The highest BCUT2D eigenvalue weighted by Crippen LogP contribution is 2.75. The maximum Gasteiger partial charge on any atom is 0.407 e. The summed E-state index contributed by atoms with van der Waals surface area (Å²) in [4.78, 5) is 89.4. The zero-order valence-corrected chi connectivity index (χ0v) is 41.2. The van der Waals surface area contributed by atoms with Crippen molar-refractivity contribution in [2.24, 2.45) is 39.4 Å². The number of benzene rings is 2. The van der Waals surface area contributed by atoms with Crippen LogP contribution in [0.1, 0.15) is 76.3 Å². The molecule has 0 aromatic heterocycles. The number of carboxylic acid groups (broad SMARTS) is 1. The topological polar surface area (TPSA) is 241 Å². The lowest BCUT2D eigenvalue weighted by molar-refractivity contribution is -0.210. The minimum absolute atomic E-state index is 0.0124. The Hall–Kier alpha value is -5.53. The molecule has 6 saturated carbocycles. The van der Waals surface area contributed by atoms with Gasteiger partial charge in [0.1, 0.15) is 25.4 Å². The van der Waals surface area contributed by atoms with Gasteiger partial charge in [-0.3, -0.25) is 28.8 Å². The molecule has 0 spiro atoms. The Labute approximate surface area is 417 Å². The van der Waals surface area contributed by atoms with Gasteiger partial charge in [-0.05, 0) is 134 Å². The van der Waals surface area contributed by atoms with Gasteiger partial charge in [0, 0.05) is 47.8 Å². The summed E-state index contributed by atoms with van der Waals surface area (Å²) in [7, 11) is 0. The van der Waals surface area contributed by atoms with E-state index in [-0.39, 0.29) is 78.9 Å². The van der Waals surface area contributed by atoms with Crippen LogP contribution in [0.15, 0.2) is 72.3 Å². The van der Waals surface area contributed by atoms with Crippen LogP contribution in [0.2, 0.25) is 0 Å². The molecule has 0 unspecified atom stereocenters. The number of nitrogens with one attached hydrogen (secondary N) is 4. The van der Waals surface area contributed by atoms with Gasteiger partial charge in [0.05, 0.1) is 23.4 Å². The average molecular weight is 1050 g/mol. The molecule has 71 heavy (non-hydrogen) atoms. The highest BCUT2D eigenvalue weighted by atomic mass is 79.9. The van der Waals surface area contributed by atoms with Crippen LogP contribution in [0.4, 0.5) is 25.0 Å². The van der Waals surface area contributed by atoms with Crippen molar-refractivity contribution < 1.29 is 62.4 Å². The van der Waals surface area contributed by atoms with Gasteiger partial charge < -0.3 is 46.2 Å². The molecule has 0 radical (unpaired) electrons. The second-order valence-corrected chi connectivity index (χ2v) is 22.3. The van der Waals surface area contributed by atoms with E-state index in [1.807, 2.05) is 19.1 Å². The number of ketones is 2. The molecule has 2 aromatic rings. The predicted octanol–water partition coefficient (Wildman–Crippen LogP) is 4.79. The fraction of sp³-hybridized carbons (Fsp3) is 0.558. The smallest absolute Gasteiger partial charge is 0.407 e. The molecule has 8 aliphatic rings. The van der Waals surface area contributed by atoms with Crippen LogP contribution in [0.25, 0.3) is 0 Å². The minimum atomic E-state index is -2.25. The summed E-state index contributed by atoms with van der Waals surface area (Å²) in [6.07, 6.45) is 3.06. The standard InChI is InChI=1S/C52H60BrF2N5O11/c1-47-14-13-34(62)16-37(47)38(54)17-36-35-15-31-22-60(28-51(31,41(64)23-61)48(35,2)19-40(63)52(36,47)55)33-9-5-29(6-10-33)18-49-25-50(26-49,27-49)59-46(70)71-24-30-3-7-32(8-4-30)57-45(69)39(11-12-44(67)68)58-43(66)21-56-42(65)20-53/h3-10,13-14,16,31,35-36,38-40,61,63H,11-12,15,17-28H2,1-2H3,(H,56,65)(H,57,69)(H,58,66)(H,59,70)(H,67,68)/t31-,35-,36-,38-,39-,40-,47-,48-,49?,50?,51+,52-/m0/s1. The average Bonchev–Trinajstić information content (AvgIpc) is 3.82. The van der Waals surface area contributed by atoms with Crippen molar-refractivity contribution in [1.29, 1.82) is 0 Å². The molecule has 1 heterocycles. The number of ether oxygens (including phenoxy) is 1. The normalized spacial score (nSPS) is 35.2. The number of halogens is 3. The van der Waals surface area contributed by atoms with E-state index in [0.29, 0.717) is 24.2 Å². The molecular weight excluding hydrogens is 988 g/mol. The van der Waals surface area contributed by atoms with E-state index in [2.05, 4.69) is 54.2 Å². The van der Waals surface area contributed by atoms with Gasteiger partial charge >= 0.3 is 12.1 Å². The molecule has 10 atom stereocenters. The third kappa shape index (κ3) is 8.56. The SMILES string of the molecule is C[C@]12C=CC(=O)C=C1[C@@H](F)C[C@H]1[C@@H]3C[C@H]4CN(c5ccc(CC67CC(NC(=O)OCc8ccc(NC(=O)[C@H](CCC(=O)O)NC(=O)CNC(=O)CBr)cc8)(C6)C7)cc5)C[C@@]4(C(=O)CO)[C@@]3(C)C[C@H](O)[C@@]12F. The number of carbonyl (C=O) groups is 7. The molecule has 7 aliphatic carbocycles. The lowest BCUT2D eigenvalue weighted by atomic mass is 9.38. The number of rotatable bonds is 17. The second-order valence-electron chi connectivity index (χ2n) is 21.7. The summed E-state index contributed by atoms with van der Waals surface area (Å²) in [5.74, 6) is -5.23. The summed E-state index contributed by atoms with van der Waals surface area (Å²) in [6.45, 7) is 3.14. The fourth-order valence-corrected chi connectivity index (χ4v) is 14.7. The lowest BCUT2D eigenvalue weighted by Crippen LogP contribution is -2.75. The molecular formula is C52H60BrF2N5O11. The van der Waals surface area contributed by atoms with Crippen molar-refractivity contribution in [3.05, 3.63) is 83.5 Å². The van der Waals surface area contributed by atoms with Crippen molar-refractivity contribution in [2.45, 2.75) is 108 Å². The Bertz CT molecular complexity index is 2580. The Morgan fingerprint density at radius 1 is 0.958 bits per heavy atom. The van der Waals surface area contributed by atoms with Crippen LogP contribution in [-0.2, 0) is 46.5 Å². The quantitative estimate of drug-likeness (QED) is 0.106. The maximum atomic E-state index is 17.8. The number of hydrogen-bond donors (Lipinski definition) is 7. The first-order chi connectivity index (χ1) is 33.6. The van der Waals surface area contributed by atoms with Gasteiger partial charge in [0.15, 0.2) is 17.2 Å². The highest BCUT2D eigenvalue weighted by molar-refractivity contribution is 9.09. The Morgan fingerprint density at radius 2 is 1.65 bits per heavy atom. The highest BCUT2D eigenvalue weighted by Gasteiger charge is 2.78. The molecule has 7 N–H and O–H groups in total. The van der Waals surface area contributed by atoms with Crippen LogP contribution >= 0.6 is 15.9 Å². The molecule has 16 nitrogen and oxygen atoms in total. The van der Waals surface area contributed by atoms with Gasteiger partial charge in [-0.25, -0.2) is 13.6 Å². The van der Waals surface area contributed by atoms with Gasteiger partial charge in [-0.1, -0.05) is 53.2 Å². The first-order valence-electron chi connectivity index (χ1n) is 24.2. The number of aliphatic hydroxyl groups is 2. The first kappa shape index (κ1) is 50.4. The van der Waals surface area contributed by atoms with E-state index in [0.717, 1.165) is 36.9 Å². The molecule has 19 heteroatoms. The Kier molecular flexibility index (Phi) is 13.1. The Balaban J connectivity index is 0.759. The van der Waals surface area contributed by atoms with E-state index in [1.165, 1.54) is 18.2 Å². The minimum Gasteiger partial charge on any atom is -0.481 e. The predicted molar refractivity (Wildman–Crippen MR) is 257 cm³/mol. The summed E-state index contributed by atoms with van der Waals surface area (Å²) in [5.41, 5.74) is -2.98. The van der Waals surface area contributed by atoms with Crippen molar-refractivity contribution in [1.82, 2.24) is 16.0 Å². The molecule has 1 saturated heterocycles. The van der Waals surface area contributed by atoms with Crippen molar-refractivity contribution in [3.8, 4) is 0 Å². The summed E-state index contributed by atoms with van der Waals surface area (Å²) in [5, 5.41) is 42.0.